The largest absolute Gasteiger partial charge is 0.381 e. The minimum absolute atomic E-state index is 0.0236. The fraction of sp³-hybridized carbons (Fsp3) is 0.611. The van der Waals surface area contributed by atoms with Gasteiger partial charge in [-0.3, -0.25) is 9.69 Å². The van der Waals surface area contributed by atoms with Crippen LogP contribution in [0, 0.1) is 0 Å². The van der Waals surface area contributed by atoms with Crippen molar-refractivity contribution in [2.75, 3.05) is 32.8 Å². The molecule has 0 radical (unpaired) electrons. The molecule has 0 saturated carbocycles. The Labute approximate surface area is 143 Å². The van der Waals surface area contributed by atoms with Crippen LogP contribution in [0.3, 0.4) is 0 Å². The molecular formula is C18H25ClN2O2. The summed E-state index contributed by atoms with van der Waals surface area (Å²) < 4.78 is 5.57. The van der Waals surface area contributed by atoms with E-state index in [-0.39, 0.29) is 11.4 Å². The summed E-state index contributed by atoms with van der Waals surface area (Å²) in [7, 11) is 0. The van der Waals surface area contributed by atoms with Crippen LogP contribution < -0.4 is 5.32 Å². The fourth-order valence-electron chi connectivity index (χ4n) is 3.67. The molecule has 0 aromatic heterocycles. The number of carbonyl (C=O) groups excluding carboxylic acids is 1. The van der Waals surface area contributed by atoms with Crippen LogP contribution in [0.5, 0.6) is 0 Å². The van der Waals surface area contributed by atoms with Crippen molar-refractivity contribution < 1.29 is 9.53 Å². The van der Waals surface area contributed by atoms with Gasteiger partial charge < -0.3 is 10.1 Å². The smallest absolute Gasteiger partial charge is 0.251 e. The van der Waals surface area contributed by atoms with Gasteiger partial charge in [-0.2, -0.15) is 0 Å². The van der Waals surface area contributed by atoms with Crippen LogP contribution in [0.2, 0.25) is 5.02 Å². The number of likely N-dealkylation sites (tertiary alicyclic amines) is 1. The van der Waals surface area contributed by atoms with Crippen LogP contribution in [0.4, 0.5) is 0 Å². The first-order valence-electron chi connectivity index (χ1n) is 8.56. The third kappa shape index (κ3) is 4.06. The SMILES string of the molecule is O=C(NCC1(N2CCCCC2)CCOCC1)c1ccc(Cl)cc1. The highest BCUT2D eigenvalue weighted by Crippen LogP contribution is 2.30. The normalized spacial score (nSPS) is 21.8. The van der Waals surface area contributed by atoms with E-state index in [4.69, 9.17) is 16.3 Å². The third-order valence-corrected chi connectivity index (χ3v) is 5.39. The molecule has 1 aromatic carbocycles. The first kappa shape index (κ1) is 16.7. The predicted molar refractivity (Wildman–Crippen MR) is 92.0 cm³/mol. The molecule has 0 bridgehead atoms. The Morgan fingerprint density at radius 3 is 2.43 bits per heavy atom. The second kappa shape index (κ2) is 7.65. The number of benzene rings is 1. The van der Waals surface area contributed by atoms with Crippen molar-refractivity contribution >= 4 is 17.5 Å². The third-order valence-electron chi connectivity index (χ3n) is 5.13. The lowest BCUT2D eigenvalue weighted by Gasteiger charge is -2.48. The standard InChI is InChI=1S/C18H25ClN2O2/c19-16-6-4-15(5-7-16)17(22)20-14-18(8-12-23-13-9-18)21-10-2-1-3-11-21/h4-7H,1-3,8-14H2,(H,20,22). The van der Waals surface area contributed by atoms with Crippen molar-refractivity contribution in [3.8, 4) is 0 Å². The predicted octanol–water partition coefficient (Wildman–Crippen LogP) is 3.10. The van der Waals surface area contributed by atoms with E-state index in [1.165, 1.54) is 19.3 Å². The second-order valence-corrected chi connectivity index (χ2v) is 7.01. The number of amides is 1. The van der Waals surface area contributed by atoms with E-state index in [1.807, 2.05) is 0 Å². The first-order valence-corrected chi connectivity index (χ1v) is 8.94. The average Bonchev–Trinajstić information content (AvgIpc) is 2.62. The van der Waals surface area contributed by atoms with E-state index in [1.54, 1.807) is 24.3 Å². The van der Waals surface area contributed by atoms with Gasteiger partial charge >= 0.3 is 0 Å². The van der Waals surface area contributed by atoms with Crippen molar-refractivity contribution in [2.45, 2.75) is 37.6 Å². The highest BCUT2D eigenvalue weighted by molar-refractivity contribution is 6.30. The lowest BCUT2D eigenvalue weighted by molar-refractivity contribution is -0.0349. The zero-order valence-electron chi connectivity index (χ0n) is 13.5. The molecule has 126 valence electrons. The molecule has 0 atom stereocenters. The van der Waals surface area contributed by atoms with Gasteiger partial charge in [0, 0.05) is 35.9 Å². The van der Waals surface area contributed by atoms with Crippen LogP contribution in [0.1, 0.15) is 42.5 Å². The van der Waals surface area contributed by atoms with Gasteiger partial charge in [-0.15, -0.1) is 0 Å². The number of piperidine rings is 1. The van der Waals surface area contributed by atoms with Crippen molar-refractivity contribution in [3.05, 3.63) is 34.9 Å². The minimum atomic E-state index is -0.0236. The van der Waals surface area contributed by atoms with Gasteiger partial charge in [0.15, 0.2) is 0 Å². The minimum Gasteiger partial charge on any atom is -0.381 e. The molecule has 0 aliphatic carbocycles. The lowest BCUT2D eigenvalue weighted by atomic mass is 9.86. The number of ether oxygens (including phenoxy) is 1. The van der Waals surface area contributed by atoms with E-state index in [9.17, 15) is 4.79 Å². The summed E-state index contributed by atoms with van der Waals surface area (Å²) in [6.07, 6.45) is 5.82. The van der Waals surface area contributed by atoms with Crippen molar-refractivity contribution in [1.29, 1.82) is 0 Å². The van der Waals surface area contributed by atoms with Crippen molar-refractivity contribution in [1.82, 2.24) is 10.2 Å². The molecular weight excluding hydrogens is 312 g/mol. The number of hydrogen-bond acceptors (Lipinski definition) is 3. The number of halogens is 1. The van der Waals surface area contributed by atoms with E-state index in [0.29, 0.717) is 17.1 Å². The number of nitrogens with zero attached hydrogens (tertiary/aromatic N) is 1. The average molecular weight is 337 g/mol. The maximum atomic E-state index is 12.4. The zero-order chi connectivity index (χ0) is 16.1. The Hall–Kier alpha value is -1.10. The molecule has 0 unspecified atom stereocenters. The molecule has 4 nitrogen and oxygen atoms in total. The molecule has 2 aliphatic heterocycles. The zero-order valence-corrected chi connectivity index (χ0v) is 14.3. The second-order valence-electron chi connectivity index (χ2n) is 6.57. The molecule has 3 rings (SSSR count). The van der Waals surface area contributed by atoms with Gasteiger partial charge in [-0.25, -0.2) is 0 Å². The fourth-order valence-corrected chi connectivity index (χ4v) is 3.80. The topological polar surface area (TPSA) is 41.6 Å². The highest BCUT2D eigenvalue weighted by atomic mass is 35.5. The van der Waals surface area contributed by atoms with Gasteiger partial charge in [-0.05, 0) is 63.0 Å². The summed E-state index contributed by atoms with van der Waals surface area (Å²) in [5.74, 6) is -0.0236. The van der Waals surface area contributed by atoms with Gasteiger partial charge in [0.25, 0.3) is 5.91 Å². The van der Waals surface area contributed by atoms with E-state index in [0.717, 1.165) is 39.1 Å². The Morgan fingerprint density at radius 1 is 1.13 bits per heavy atom. The molecule has 0 spiro atoms. The monoisotopic (exact) mass is 336 g/mol. The molecule has 2 aliphatic rings. The quantitative estimate of drug-likeness (QED) is 0.918. The Bertz CT molecular complexity index is 520. The van der Waals surface area contributed by atoms with Crippen LogP contribution >= 0.6 is 11.6 Å². The Balaban J connectivity index is 1.66. The van der Waals surface area contributed by atoms with Gasteiger partial charge in [0.2, 0.25) is 0 Å². The molecule has 5 heteroatoms. The molecule has 2 saturated heterocycles. The number of carbonyl (C=O) groups is 1. The Kier molecular flexibility index (Phi) is 5.57. The highest BCUT2D eigenvalue weighted by Gasteiger charge is 2.39. The van der Waals surface area contributed by atoms with E-state index >= 15 is 0 Å². The van der Waals surface area contributed by atoms with Crippen LogP contribution in [-0.2, 0) is 4.74 Å². The van der Waals surface area contributed by atoms with Crippen LogP contribution in [0.15, 0.2) is 24.3 Å². The maximum Gasteiger partial charge on any atom is 0.251 e. The number of rotatable bonds is 4. The molecule has 2 fully saturated rings. The summed E-state index contributed by atoms with van der Waals surface area (Å²) in [5, 5.41) is 3.80. The summed E-state index contributed by atoms with van der Waals surface area (Å²) in [4.78, 5) is 15.0. The van der Waals surface area contributed by atoms with Crippen molar-refractivity contribution in [3.63, 3.8) is 0 Å². The molecule has 1 N–H and O–H groups in total. The summed E-state index contributed by atoms with van der Waals surface area (Å²) in [6.45, 7) is 4.53. The van der Waals surface area contributed by atoms with Gasteiger partial charge in [-0.1, -0.05) is 18.0 Å². The molecule has 23 heavy (non-hydrogen) atoms. The first-order chi connectivity index (χ1) is 11.2. The maximum absolute atomic E-state index is 12.4. The van der Waals surface area contributed by atoms with E-state index < -0.39 is 0 Å². The molecule has 2 heterocycles. The molecule has 1 aromatic rings. The van der Waals surface area contributed by atoms with Crippen molar-refractivity contribution in [2.24, 2.45) is 0 Å². The Morgan fingerprint density at radius 2 is 1.78 bits per heavy atom. The summed E-state index contributed by atoms with van der Waals surface area (Å²) in [5.41, 5.74) is 0.719. The van der Waals surface area contributed by atoms with Crippen LogP contribution in [0.25, 0.3) is 0 Å². The summed E-state index contributed by atoms with van der Waals surface area (Å²) in [6, 6.07) is 7.06. The summed E-state index contributed by atoms with van der Waals surface area (Å²) >= 11 is 5.89. The van der Waals surface area contributed by atoms with Crippen LogP contribution in [-0.4, -0.2) is 49.2 Å². The number of hydrogen-bond donors (Lipinski definition) is 1. The molecule has 1 amide bonds. The van der Waals surface area contributed by atoms with E-state index in [2.05, 4.69) is 10.2 Å². The number of nitrogens with one attached hydrogen (secondary N) is 1. The van der Waals surface area contributed by atoms with Gasteiger partial charge in [0.05, 0.1) is 0 Å². The lowest BCUT2D eigenvalue weighted by Crippen LogP contribution is -2.59. The van der Waals surface area contributed by atoms with Gasteiger partial charge in [0.1, 0.15) is 0 Å².